The number of hydrogen-bond donors (Lipinski definition) is 1. The highest BCUT2D eigenvalue weighted by molar-refractivity contribution is 5.37. The predicted molar refractivity (Wildman–Crippen MR) is 86.5 cm³/mol. The van der Waals surface area contributed by atoms with E-state index >= 15 is 0 Å². The molecular formula is C19H28O3. The molecule has 1 aromatic carbocycles. The summed E-state index contributed by atoms with van der Waals surface area (Å²) < 4.78 is 11.2. The van der Waals surface area contributed by atoms with E-state index in [0.717, 1.165) is 29.5 Å². The molecule has 2 aliphatic rings. The Hall–Kier alpha value is -0.900. The van der Waals surface area contributed by atoms with Crippen LogP contribution >= 0.6 is 0 Å². The first-order chi connectivity index (χ1) is 10.4. The maximum Gasteiger partial charge on any atom is 0.184 e. The molecule has 1 saturated carbocycles. The summed E-state index contributed by atoms with van der Waals surface area (Å²) in [6.45, 7) is 9.94. The minimum absolute atomic E-state index is 0.112. The summed E-state index contributed by atoms with van der Waals surface area (Å²) in [6.07, 6.45) is 3.08. The van der Waals surface area contributed by atoms with Crippen LogP contribution in [0.25, 0.3) is 0 Å². The summed E-state index contributed by atoms with van der Waals surface area (Å²) in [7, 11) is 0. The maximum absolute atomic E-state index is 11.6. The lowest BCUT2D eigenvalue weighted by atomic mass is 9.58. The molecule has 0 bridgehead atoms. The van der Waals surface area contributed by atoms with Crippen molar-refractivity contribution in [1.82, 2.24) is 0 Å². The Morgan fingerprint density at radius 1 is 1.18 bits per heavy atom. The van der Waals surface area contributed by atoms with Crippen molar-refractivity contribution in [3.63, 3.8) is 0 Å². The van der Waals surface area contributed by atoms with Crippen molar-refractivity contribution in [3.05, 3.63) is 34.9 Å². The first-order valence-corrected chi connectivity index (χ1v) is 8.43. The van der Waals surface area contributed by atoms with Gasteiger partial charge in [0.05, 0.1) is 18.8 Å². The van der Waals surface area contributed by atoms with Crippen molar-refractivity contribution in [2.75, 3.05) is 13.2 Å². The van der Waals surface area contributed by atoms with Gasteiger partial charge in [-0.3, -0.25) is 0 Å². The molecule has 1 heterocycles. The third-order valence-corrected chi connectivity index (χ3v) is 5.77. The van der Waals surface area contributed by atoms with Gasteiger partial charge in [0.25, 0.3) is 0 Å². The SMILES string of the molecule is Cc1cc([C@]2(O)[C@@H](C)CCCC2(C)C)ccc1C1OCCO1. The fraction of sp³-hybridized carbons (Fsp3) is 0.684. The molecule has 1 saturated heterocycles. The fourth-order valence-electron chi connectivity index (χ4n) is 4.31. The molecule has 3 nitrogen and oxygen atoms in total. The Morgan fingerprint density at radius 3 is 2.45 bits per heavy atom. The number of benzene rings is 1. The van der Waals surface area contributed by atoms with E-state index in [1.54, 1.807) is 0 Å². The summed E-state index contributed by atoms with van der Waals surface area (Å²) in [5.74, 6) is 0.264. The molecule has 2 fully saturated rings. The zero-order valence-electron chi connectivity index (χ0n) is 14.2. The van der Waals surface area contributed by atoms with Crippen LogP contribution < -0.4 is 0 Å². The largest absolute Gasteiger partial charge is 0.384 e. The summed E-state index contributed by atoms with van der Waals surface area (Å²) >= 11 is 0. The van der Waals surface area contributed by atoms with Gasteiger partial charge in [-0.2, -0.15) is 0 Å². The Labute approximate surface area is 133 Å². The van der Waals surface area contributed by atoms with Crippen LogP contribution in [0.3, 0.4) is 0 Å². The lowest BCUT2D eigenvalue weighted by Crippen LogP contribution is -2.49. The van der Waals surface area contributed by atoms with Gasteiger partial charge in [0.15, 0.2) is 6.29 Å². The van der Waals surface area contributed by atoms with Crippen molar-refractivity contribution < 1.29 is 14.6 Å². The van der Waals surface area contributed by atoms with Crippen LogP contribution in [0.2, 0.25) is 0 Å². The fourth-order valence-corrected chi connectivity index (χ4v) is 4.31. The third-order valence-electron chi connectivity index (χ3n) is 5.77. The van der Waals surface area contributed by atoms with E-state index in [4.69, 9.17) is 9.47 Å². The van der Waals surface area contributed by atoms with Crippen molar-refractivity contribution in [3.8, 4) is 0 Å². The molecule has 1 aromatic rings. The summed E-state index contributed by atoms with van der Waals surface area (Å²) in [6, 6.07) is 6.26. The number of aryl methyl sites for hydroxylation is 1. The van der Waals surface area contributed by atoms with Crippen LogP contribution in [0.4, 0.5) is 0 Å². The molecule has 122 valence electrons. The van der Waals surface area contributed by atoms with Gasteiger partial charge in [0.1, 0.15) is 0 Å². The Bertz CT molecular complexity index is 546. The monoisotopic (exact) mass is 304 g/mol. The smallest absolute Gasteiger partial charge is 0.184 e. The van der Waals surface area contributed by atoms with Crippen molar-refractivity contribution in [2.45, 2.75) is 58.8 Å². The van der Waals surface area contributed by atoms with Gasteiger partial charge < -0.3 is 14.6 Å². The van der Waals surface area contributed by atoms with Crippen LogP contribution in [0, 0.1) is 18.3 Å². The topological polar surface area (TPSA) is 38.7 Å². The van der Waals surface area contributed by atoms with Crippen LogP contribution in [0.5, 0.6) is 0 Å². The molecule has 2 atom stereocenters. The third kappa shape index (κ3) is 2.40. The Balaban J connectivity index is 1.98. The van der Waals surface area contributed by atoms with Crippen molar-refractivity contribution in [1.29, 1.82) is 0 Å². The van der Waals surface area contributed by atoms with E-state index < -0.39 is 5.60 Å². The van der Waals surface area contributed by atoms with Crippen molar-refractivity contribution >= 4 is 0 Å². The number of aliphatic hydroxyl groups is 1. The molecule has 1 N–H and O–H groups in total. The molecule has 1 aliphatic heterocycles. The highest BCUT2D eigenvalue weighted by atomic mass is 16.7. The highest BCUT2D eigenvalue weighted by Gasteiger charge is 2.50. The number of ether oxygens (including phenoxy) is 2. The molecule has 0 unspecified atom stereocenters. The molecular weight excluding hydrogens is 276 g/mol. The lowest BCUT2D eigenvalue weighted by Gasteiger charge is -2.51. The van der Waals surface area contributed by atoms with Gasteiger partial charge >= 0.3 is 0 Å². The average Bonchev–Trinajstić information content (AvgIpc) is 2.98. The van der Waals surface area contributed by atoms with E-state index in [1.807, 2.05) is 0 Å². The lowest BCUT2D eigenvalue weighted by molar-refractivity contribution is -0.141. The van der Waals surface area contributed by atoms with E-state index in [-0.39, 0.29) is 17.6 Å². The molecule has 0 radical (unpaired) electrons. The van der Waals surface area contributed by atoms with Crippen LogP contribution in [0.15, 0.2) is 18.2 Å². The normalized spacial score (nSPS) is 32.3. The van der Waals surface area contributed by atoms with E-state index in [0.29, 0.717) is 13.2 Å². The minimum Gasteiger partial charge on any atom is -0.384 e. The minimum atomic E-state index is -0.772. The number of rotatable bonds is 2. The predicted octanol–water partition coefficient (Wildman–Crippen LogP) is 4.07. The first-order valence-electron chi connectivity index (χ1n) is 8.43. The van der Waals surface area contributed by atoms with E-state index in [9.17, 15) is 5.11 Å². The second-order valence-electron chi connectivity index (χ2n) is 7.59. The second-order valence-corrected chi connectivity index (χ2v) is 7.59. The molecule has 0 amide bonds. The van der Waals surface area contributed by atoms with Crippen LogP contribution in [-0.4, -0.2) is 18.3 Å². The van der Waals surface area contributed by atoms with Gasteiger partial charge in [-0.15, -0.1) is 0 Å². The molecule has 3 rings (SSSR count). The quantitative estimate of drug-likeness (QED) is 0.895. The summed E-state index contributed by atoms with van der Waals surface area (Å²) in [5.41, 5.74) is 2.35. The van der Waals surface area contributed by atoms with Gasteiger partial charge in [0, 0.05) is 5.56 Å². The Morgan fingerprint density at radius 2 is 1.86 bits per heavy atom. The van der Waals surface area contributed by atoms with E-state index in [2.05, 4.69) is 45.9 Å². The van der Waals surface area contributed by atoms with Gasteiger partial charge in [-0.1, -0.05) is 45.4 Å². The van der Waals surface area contributed by atoms with Crippen LogP contribution in [-0.2, 0) is 15.1 Å². The zero-order chi connectivity index (χ0) is 16.0. The molecule has 22 heavy (non-hydrogen) atoms. The number of hydrogen-bond acceptors (Lipinski definition) is 3. The first kappa shape index (κ1) is 16.0. The molecule has 0 spiro atoms. The molecule has 3 heteroatoms. The second kappa shape index (κ2) is 5.63. The van der Waals surface area contributed by atoms with E-state index in [1.165, 1.54) is 6.42 Å². The summed E-state index contributed by atoms with van der Waals surface area (Å²) in [4.78, 5) is 0. The highest BCUT2D eigenvalue weighted by Crippen LogP contribution is 2.53. The maximum atomic E-state index is 11.6. The average molecular weight is 304 g/mol. The van der Waals surface area contributed by atoms with Gasteiger partial charge in [-0.05, 0) is 42.2 Å². The van der Waals surface area contributed by atoms with Crippen LogP contribution in [0.1, 0.15) is 63.0 Å². The van der Waals surface area contributed by atoms with Gasteiger partial charge in [-0.25, -0.2) is 0 Å². The zero-order valence-corrected chi connectivity index (χ0v) is 14.2. The summed E-state index contributed by atoms with van der Waals surface area (Å²) in [5, 5.41) is 11.6. The Kier molecular flexibility index (Phi) is 4.09. The molecule has 0 aromatic heterocycles. The van der Waals surface area contributed by atoms with Crippen molar-refractivity contribution in [2.24, 2.45) is 11.3 Å². The molecule has 1 aliphatic carbocycles. The standard InChI is InChI=1S/C19H28O3/c1-13-12-15(7-8-16(13)17-21-10-11-22-17)19(20)14(2)6-5-9-18(19,3)4/h7-8,12,14,17,20H,5-6,9-11H2,1-4H3/t14-,19+/m0/s1. The van der Waals surface area contributed by atoms with Gasteiger partial charge in [0.2, 0.25) is 0 Å².